The topological polar surface area (TPSA) is 47.8 Å². The first-order valence-corrected chi connectivity index (χ1v) is 5.07. The molecule has 2 aromatic heterocycles. The van der Waals surface area contributed by atoms with E-state index in [1.165, 1.54) is 10.7 Å². The van der Waals surface area contributed by atoms with Crippen LogP contribution >= 0.6 is 11.3 Å². The van der Waals surface area contributed by atoms with Crippen LogP contribution in [0.15, 0.2) is 28.5 Å². The lowest BCUT2D eigenvalue weighted by Gasteiger charge is -1.99. The van der Waals surface area contributed by atoms with E-state index in [1.54, 1.807) is 23.6 Å². The first-order chi connectivity index (χ1) is 6.75. The molecule has 0 unspecified atom stereocenters. The number of hydrogen-bond acceptors (Lipinski definition) is 4. The van der Waals surface area contributed by atoms with Gasteiger partial charge in [0.25, 0.3) is 5.56 Å². The van der Waals surface area contributed by atoms with Crippen LogP contribution in [-0.2, 0) is 6.54 Å². The number of hydrogen-bond donors (Lipinski definition) is 0. The number of thiazole rings is 1. The quantitative estimate of drug-likeness (QED) is 0.739. The standard InChI is InChI=1S/C9H9N3OS/c1-7-11-8(6-14-7)5-12-9(13)3-2-4-10-12/h2-4,6H,5H2,1H3. The van der Waals surface area contributed by atoms with Gasteiger partial charge in [0.1, 0.15) is 0 Å². The van der Waals surface area contributed by atoms with E-state index in [4.69, 9.17) is 0 Å². The molecular weight excluding hydrogens is 198 g/mol. The van der Waals surface area contributed by atoms with E-state index < -0.39 is 0 Å². The van der Waals surface area contributed by atoms with Crippen molar-refractivity contribution < 1.29 is 0 Å². The van der Waals surface area contributed by atoms with Crippen molar-refractivity contribution in [3.8, 4) is 0 Å². The molecule has 0 aromatic carbocycles. The minimum absolute atomic E-state index is 0.0989. The Bertz CT molecular complexity index is 489. The molecule has 2 rings (SSSR count). The molecule has 0 amide bonds. The first kappa shape index (κ1) is 9.08. The second-order valence-corrected chi connectivity index (χ2v) is 3.94. The van der Waals surface area contributed by atoms with Crippen molar-refractivity contribution in [3.63, 3.8) is 0 Å². The van der Waals surface area contributed by atoms with Gasteiger partial charge in [0.15, 0.2) is 0 Å². The monoisotopic (exact) mass is 207 g/mol. The van der Waals surface area contributed by atoms with Crippen molar-refractivity contribution in [2.45, 2.75) is 13.5 Å². The smallest absolute Gasteiger partial charge is 0.267 e. The lowest BCUT2D eigenvalue weighted by atomic mass is 10.5. The summed E-state index contributed by atoms with van der Waals surface area (Å²) in [4.78, 5) is 15.6. The van der Waals surface area contributed by atoms with Crippen LogP contribution < -0.4 is 5.56 Å². The fraction of sp³-hybridized carbons (Fsp3) is 0.222. The van der Waals surface area contributed by atoms with E-state index in [0.29, 0.717) is 6.54 Å². The molecule has 5 heteroatoms. The summed E-state index contributed by atoms with van der Waals surface area (Å²) in [6.45, 7) is 2.39. The predicted molar refractivity (Wildman–Crippen MR) is 54.5 cm³/mol. The molecule has 0 fully saturated rings. The van der Waals surface area contributed by atoms with Gasteiger partial charge in [-0.25, -0.2) is 9.67 Å². The largest absolute Gasteiger partial charge is 0.268 e. The molecule has 0 aliphatic carbocycles. The third-order valence-corrected chi connectivity index (χ3v) is 2.59. The van der Waals surface area contributed by atoms with Crippen LogP contribution in [-0.4, -0.2) is 14.8 Å². The maximum absolute atomic E-state index is 11.3. The summed E-state index contributed by atoms with van der Waals surface area (Å²) in [6, 6.07) is 3.12. The van der Waals surface area contributed by atoms with E-state index in [1.807, 2.05) is 12.3 Å². The highest BCUT2D eigenvalue weighted by molar-refractivity contribution is 7.09. The van der Waals surface area contributed by atoms with E-state index in [9.17, 15) is 4.79 Å². The number of nitrogens with zero attached hydrogens (tertiary/aromatic N) is 3. The first-order valence-electron chi connectivity index (χ1n) is 4.19. The van der Waals surface area contributed by atoms with Crippen LogP contribution in [0.2, 0.25) is 0 Å². The summed E-state index contributed by atoms with van der Waals surface area (Å²) >= 11 is 1.58. The number of aryl methyl sites for hydroxylation is 1. The molecule has 0 aliphatic heterocycles. The van der Waals surface area contributed by atoms with Crippen molar-refractivity contribution in [1.82, 2.24) is 14.8 Å². The zero-order valence-corrected chi connectivity index (χ0v) is 8.49. The average Bonchev–Trinajstić information content (AvgIpc) is 2.56. The second-order valence-electron chi connectivity index (χ2n) is 2.88. The van der Waals surface area contributed by atoms with Gasteiger partial charge in [-0.3, -0.25) is 4.79 Å². The van der Waals surface area contributed by atoms with Gasteiger partial charge in [0.2, 0.25) is 0 Å². The Kier molecular flexibility index (Phi) is 2.41. The highest BCUT2D eigenvalue weighted by Gasteiger charge is 2.01. The van der Waals surface area contributed by atoms with Gasteiger partial charge >= 0.3 is 0 Å². The number of rotatable bonds is 2. The van der Waals surface area contributed by atoms with Gasteiger partial charge in [-0.05, 0) is 13.0 Å². The molecule has 2 aromatic rings. The van der Waals surface area contributed by atoms with E-state index in [2.05, 4.69) is 10.1 Å². The van der Waals surface area contributed by atoms with Crippen LogP contribution in [0, 0.1) is 6.92 Å². The normalized spacial score (nSPS) is 10.4. The Labute approximate surface area is 84.9 Å². The third-order valence-electron chi connectivity index (χ3n) is 1.76. The third kappa shape index (κ3) is 1.88. The Morgan fingerprint density at radius 2 is 2.43 bits per heavy atom. The van der Waals surface area contributed by atoms with Crippen molar-refractivity contribution in [1.29, 1.82) is 0 Å². The van der Waals surface area contributed by atoms with Crippen LogP contribution in [0.3, 0.4) is 0 Å². The highest BCUT2D eigenvalue weighted by Crippen LogP contribution is 2.07. The van der Waals surface area contributed by atoms with Crippen LogP contribution in [0.1, 0.15) is 10.7 Å². The molecular formula is C9H9N3OS. The lowest BCUT2D eigenvalue weighted by Crippen LogP contribution is -2.21. The molecule has 72 valence electrons. The predicted octanol–water partition coefficient (Wildman–Crippen LogP) is 1.06. The SMILES string of the molecule is Cc1nc(Cn2ncccc2=O)cs1. The van der Waals surface area contributed by atoms with Crippen LogP contribution in [0.5, 0.6) is 0 Å². The van der Waals surface area contributed by atoms with E-state index in [-0.39, 0.29) is 5.56 Å². The molecule has 14 heavy (non-hydrogen) atoms. The Balaban J connectivity index is 2.27. The molecule has 0 N–H and O–H groups in total. The molecule has 0 radical (unpaired) electrons. The van der Waals surface area contributed by atoms with Crippen molar-refractivity contribution in [2.24, 2.45) is 0 Å². The Hall–Kier alpha value is -1.49. The molecule has 4 nitrogen and oxygen atoms in total. The molecule has 0 atom stereocenters. The molecule has 2 heterocycles. The number of aromatic nitrogens is 3. The average molecular weight is 207 g/mol. The second kappa shape index (κ2) is 3.71. The summed E-state index contributed by atoms with van der Waals surface area (Å²) in [5, 5.41) is 6.90. The highest BCUT2D eigenvalue weighted by atomic mass is 32.1. The summed E-state index contributed by atoms with van der Waals surface area (Å²) in [6.07, 6.45) is 1.60. The maximum Gasteiger partial charge on any atom is 0.267 e. The van der Waals surface area contributed by atoms with Gasteiger partial charge in [-0.1, -0.05) is 0 Å². The van der Waals surface area contributed by atoms with Crippen LogP contribution in [0.4, 0.5) is 0 Å². The fourth-order valence-electron chi connectivity index (χ4n) is 1.14. The molecule has 0 spiro atoms. The van der Waals surface area contributed by atoms with Gasteiger partial charge in [-0.2, -0.15) is 5.10 Å². The zero-order valence-electron chi connectivity index (χ0n) is 7.67. The molecule has 0 saturated carbocycles. The van der Waals surface area contributed by atoms with Crippen LogP contribution in [0.25, 0.3) is 0 Å². The Morgan fingerprint density at radius 1 is 1.57 bits per heavy atom. The minimum Gasteiger partial charge on any atom is -0.268 e. The van der Waals surface area contributed by atoms with Crippen molar-refractivity contribution in [2.75, 3.05) is 0 Å². The summed E-state index contributed by atoms with van der Waals surface area (Å²) in [5.74, 6) is 0. The summed E-state index contributed by atoms with van der Waals surface area (Å²) < 4.78 is 1.40. The van der Waals surface area contributed by atoms with Gasteiger partial charge in [0, 0.05) is 17.6 Å². The maximum atomic E-state index is 11.3. The van der Waals surface area contributed by atoms with Crippen molar-refractivity contribution in [3.05, 3.63) is 44.8 Å². The molecule has 0 bridgehead atoms. The van der Waals surface area contributed by atoms with Crippen molar-refractivity contribution >= 4 is 11.3 Å². The zero-order chi connectivity index (χ0) is 9.97. The Morgan fingerprint density at radius 3 is 3.07 bits per heavy atom. The summed E-state index contributed by atoms with van der Waals surface area (Å²) in [7, 11) is 0. The van der Waals surface area contributed by atoms with E-state index >= 15 is 0 Å². The van der Waals surface area contributed by atoms with Gasteiger partial charge in [0.05, 0.1) is 17.2 Å². The van der Waals surface area contributed by atoms with Gasteiger partial charge < -0.3 is 0 Å². The molecule has 0 aliphatic rings. The van der Waals surface area contributed by atoms with Gasteiger partial charge in [-0.15, -0.1) is 11.3 Å². The molecule has 0 saturated heterocycles. The van der Waals surface area contributed by atoms with E-state index in [0.717, 1.165) is 10.7 Å². The lowest BCUT2D eigenvalue weighted by molar-refractivity contribution is 0.629. The summed E-state index contributed by atoms with van der Waals surface area (Å²) in [5.41, 5.74) is 0.784. The fourth-order valence-corrected chi connectivity index (χ4v) is 1.74. The minimum atomic E-state index is -0.0989.